The number of para-hydroxylation sites is 1. The Morgan fingerprint density at radius 2 is 1.65 bits per heavy atom. The molecule has 0 fully saturated rings. The first-order chi connectivity index (χ1) is 12.0. The van der Waals surface area contributed by atoms with E-state index < -0.39 is 26.0 Å². The van der Waals surface area contributed by atoms with Gasteiger partial charge >= 0.3 is 88.1 Å². The second-order valence-electron chi connectivity index (χ2n) is 5.04. The molecule has 0 spiro atoms. The first kappa shape index (κ1) is 21.4. The maximum Gasteiger partial charge on any atom is 0.281 e. The summed E-state index contributed by atoms with van der Waals surface area (Å²) in [4.78, 5) is 21.7. The molecular formula is C16H18AsFN2O6. The van der Waals surface area contributed by atoms with E-state index in [-0.39, 0.29) is 20.9 Å². The molecule has 2 aromatic carbocycles. The van der Waals surface area contributed by atoms with Crippen LogP contribution in [0.15, 0.2) is 48.5 Å². The van der Waals surface area contributed by atoms with Crippen molar-refractivity contribution in [1.29, 1.82) is 0 Å². The number of anilines is 1. The smallest absolute Gasteiger partial charge is 0.267 e. The summed E-state index contributed by atoms with van der Waals surface area (Å²) in [6, 6.07) is 12.0. The number of phenols is 1. The molecular weight excluding hydrogens is 410 g/mol. The van der Waals surface area contributed by atoms with E-state index in [0.29, 0.717) is 5.56 Å². The Morgan fingerprint density at radius 3 is 2.12 bits per heavy atom. The third kappa shape index (κ3) is 6.36. The molecule has 0 aromatic heterocycles. The van der Waals surface area contributed by atoms with Gasteiger partial charge in [-0.3, -0.25) is 4.79 Å². The predicted molar refractivity (Wildman–Crippen MR) is 92.6 cm³/mol. The minimum Gasteiger partial charge on any atom is -0.267 e. The SMILES string of the molecule is CC(=O)Nc1c(O)cccc1[As](=O)(O)O.CN(F)C(=O)c1ccccc1. The molecule has 0 aliphatic heterocycles. The van der Waals surface area contributed by atoms with E-state index in [9.17, 15) is 22.9 Å². The van der Waals surface area contributed by atoms with Crippen LogP contribution in [0.5, 0.6) is 5.75 Å². The maximum atomic E-state index is 12.3. The Labute approximate surface area is 151 Å². The second-order valence-corrected chi connectivity index (χ2v) is 8.34. The van der Waals surface area contributed by atoms with Gasteiger partial charge in [0.05, 0.1) is 0 Å². The first-order valence-corrected chi connectivity index (χ1v) is 10.6. The molecule has 0 aliphatic carbocycles. The van der Waals surface area contributed by atoms with E-state index in [4.69, 9.17) is 8.19 Å². The summed E-state index contributed by atoms with van der Waals surface area (Å²) in [6.45, 7) is 1.18. The molecule has 0 unspecified atom stereocenters. The largest absolute Gasteiger partial charge is 0.281 e. The van der Waals surface area contributed by atoms with Crippen molar-refractivity contribution in [3.05, 3.63) is 54.1 Å². The number of carbonyl (C=O) groups excluding carboxylic acids is 2. The summed E-state index contributed by atoms with van der Waals surface area (Å²) < 4.78 is 41.0. The maximum absolute atomic E-state index is 12.3. The zero-order valence-electron chi connectivity index (χ0n) is 14.0. The summed E-state index contributed by atoms with van der Waals surface area (Å²) in [5.41, 5.74) is 0.134. The number of hydrogen-bond acceptors (Lipinski definition) is 4. The fourth-order valence-electron chi connectivity index (χ4n) is 1.83. The fourth-order valence-corrected chi connectivity index (χ4v) is 3.39. The van der Waals surface area contributed by atoms with Gasteiger partial charge in [0.15, 0.2) is 0 Å². The van der Waals surface area contributed by atoms with Crippen LogP contribution in [0, 0.1) is 0 Å². The van der Waals surface area contributed by atoms with Crippen LogP contribution in [0.2, 0.25) is 0 Å². The summed E-state index contributed by atoms with van der Waals surface area (Å²) in [6.07, 6.45) is 0. The predicted octanol–water partition coefficient (Wildman–Crippen LogP) is 0.555. The molecule has 0 aliphatic rings. The summed E-state index contributed by atoms with van der Waals surface area (Å²) in [5, 5.41) is 11.6. The van der Waals surface area contributed by atoms with Gasteiger partial charge in [-0.2, -0.15) is 5.12 Å². The second kappa shape index (κ2) is 9.19. The quantitative estimate of drug-likeness (QED) is 0.321. The van der Waals surface area contributed by atoms with Gasteiger partial charge in [-0.25, -0.2) is 0 Å². The topological polar surface area (TPSA) is 127 Å². The monoisotopic (exact) mass is 428 g/mol. The van der Waals surface area contributed by atoms with Crippen LogP contribution in [0.4, 0.5) is 10.2 Å². The van der Waals surface area contributed by atoms with E-state index in [1.165, 1.54) is 25.1 Å². The van der Waals surface area contributed by atoms with Gasteiger partial charge in [0.1, 0.15) is 0 Å². The van der Waals surface area contributed by atoms with Crippen molar-refractivity contribution in [3.8, 4) is 5.75 Å². The number of phenolic OH excluding ortho intramolecular Hbond substituents is 1. The van der Waals surface area contributed by atoms with E-state index >= 15 is 0 Å². The Bertz CT molecular complexity index is 823. The van der Waals surface area contributed by atoms with Crippen molar-refractivity contribution < 1.29 is 31.1 Å². The van der Waals surface area contributed by atoms with Crippen LogP contribution in [-0.2, 0) is 8.53 Å². The minimum absolute atomic E-state index is 0.0648. The van der Waals surface area contributed by atoms with Crippen molar-refractivity contribution in [2.24, 2.45) is 0 Å². The van der Waals surface area contributed by atoms with Crippen LogP contribution >= 0.6 is 0 Å². The van der Waals surface area contributed by atoms with Gasteiger partial charge in [0.2, 0.25) is 0 Å². The number of aromatic hydroxyl groups is 1. The number of hydrogen-bond donors (Lipinski definition) is 4. The molecule has 8 nitrogen and oxygen atoms in total. The third-order valence-corrected chi connectivity index (χ3v) is 5.03. The number of benzene rings is 2. The summed E-state index contributed by atoms with van der Waals surface area (Å²) >= 11 is -5.14. The number of amides is 2. The molecule has 10 heteroatoms. The number of nitrogens with one attached hydrogen (secondary N) is 1. The average Bonchev–Trinajstić information content (AvgIpc) is 2.56. The molecule has 4 N–H and O–H groups in total. The Balaban J connectivity index is 0.000000273. The van der Waals surface area contributed by atoms with Crippen molar-refractivity contribution >= 4 is 36.0 Å². The number of rotatable bonds is 3. The van der Waals surface area contributed by atoms with Gasteiger partial charge in [-0.15, -0.1) is 0 Å². The molecule has 2 rings (SSSR count). The van der Waals surface area contributed by atoms with Crippen molar-refractivity contribution in [2.45, 2.75) is 6.92 Å². The Hall–Kier alpha value is -2.61. The van der Waals surface area contributed by atoms with Crippen LogP contribution in [0.1, 0.15) is 17.3 Å². The third-order valence-electron chi connectivity index (χ3n) is 2.94. The van der Waals surface area contributed by atoms with Crippen molar-refractivity contribution in [3.63, 3.8) is 0 Å². The van der Waals surface area contributed by atoms with E-state index in [0.717, 1.165) is 7.05 Å². The number of carbonyl (C=O) groups is 2. The van der Waals surface area contributed by atoms with E-state index in [1.807, 2.05) is 0 Å². The van der Waals surface area contributed by atoms with Crippen LogP contribution < -0.4 is 9.67 Å². The summed E-state index contributed by atoms with van der Waals surface area (Å²) in [7, 11) is 1.08. The van der Waals surface area contributed by atoms with Crippen molar-refractivity contribution in [2.75, 3.05) is 12.4 Å². The van der Waals surface area contributed by atoms with Gasteiger partial charge in [-0.05, 0) is 12.1 Å². The van der Waals surface area contributed by atoms with Crippen LogP contribution in [0.3, 0.4) is 0 Å². The molecule has 0 heterocycles. The van der Waals surface area contributed by atoms with Gasteiger partial charge in [0.25, 0.3) is 5.91 Å². The van der Waals surface area contributed by atoms with Crippen molar-refractivity contribution in [1.82, 2.24) is 5.12 Å². The standard InChI is InChI=1S/C8H10AsNO5.C8H8FNO/c1-5(11)10-8-6(9(13,14)15)3-2-4-7(8)12;1-10(9)8(11)7-5-3-2-4-6-7/h2-4,12H,1H3,(H,10,11)(H2,13,14,15);2-6H,1H3. The molecule has 0 radical (unpaired) electrons. The molecule has 2 aromatic rings. The molecule has 0 saturated heterocycles. The van der Waals surface area contributed by atoms with E-state index in [1.54, 1.807) is 30.3 Å². The zero-order chi connectivity index (χ0) is 19.9. The zero-order valence-corrected chi connectivity index (χ0v) is 15.8. The molecule has 0 atom stereocenters. The minimum atomic E-state index is -5.14. The van der Waals surface area contributed by atoms with Gasteiger partial charge in [-0.1, -0.05) is 22.7 Å². The fraction of sp³-hybridized carbons (Fsp3) is 0.125. The Kier molecular flexibility index (Phi) is 7.57. The number of halogens is 1. The van der Waals surface area contributed by atoms with Gasteiger partial charge < -0.3 is 0 Å². The van der Waals surface area contributed by atoms with E-state index in [2.05, 4.69) is 5.32 Å². The van der Waals surface area contributed by atoms with Crippen LogP contribution in [0.25, 0.3) is 0 Å². The average molecular weight is 428 g/mol. The van der Waals surface area contributed by atoms with Crippen LogP contribution in [-0.4, -0.2) is 51.5 Å². The Morgan fingerprint density at radius 1 is 1.08 bits per heavy atom. The van der Waals surface area contributed by atoms with Gasteiger partial charge in [0, 0.05) is 12.6 Å². The normalized spacial score (nSPS) is 10.3. The first-order valence-electron chi connectivity index (χ1n) is 7.18. The number of nitrogens with zero attached hydrogens (tertiary/aromatic N) is 1. The molecule has 140 valence electrons. The molecule has 0 bridgehead atoms. The molecule has 0 saturated carbocycles. The molecule has 26 heavy (non-hydrogen) atoms. The molecule has 2 amide bonds. The summed E-state index contributed by atoms with van der Waals surface area (Å²) in [5.74, 6) is -1.50.